The van der Waals surface area contributed by atoms with E-state index in [1.165, 1.54) is 24.3 Å². The van der Waals surface area contributed by atoms with Gasteiger partial charge in [-0.2, -0.15) is 0 Å². The van der Waals surface area contributed by atoms with E-state index in [9.17, 15) is 8.78 Å². The Hall–Kier alpha value is -2.44. The zero-order valence-electron chi connectivity index (χ0n) is 15.3. The van der Waals surface area contributed by atoms with Crippen LogP contribution in [0.1, 0.15) is 16.7 Å². The van der Waals surface area contributed by atoms with Crippen molar-refractivity contribution in [3.63, 3.8) is 0 Å². The van der Waals surface area contributed by atoms with Gasteiger partial charge in [-0.25, -0.2) is 8.78 Å². The number of halogens is 3. The second-order valence-corrected chi connectivity index (χ2v) is 7.06. The van der Waals surface area contributed by atoms with Gasteiger partial charge in [-0.15, -0.1) is 0 Å². The van der Waals surface area contributed by atoms with Gasteiger partial charge < -0.3 is 14.8 Å². The summed E-state index contributed by atoms with van der Waals surface area (Å²) < 4.78 is 38.5. The summed E-state index contributed by atoms with van der Waals surface area (Å²) in [6.07, 6.45) is 0. The molecule has 0 radical (unpaired) electrons. The Kier molecular flexibility index (Phi) is 7.01. The third-order valence-corrected chi connectivity index (χ3v) is 4.97. The predicted octanol–water partition coefficient (Wildman–Crippen LogP) is 5.60. The van der Waals surface area contributed by atoms with Gasteiger partial charge in [0.15, 0.2) is 11.5 Å². The van der Waals surface area contributed by atoms with Crippen molar-refractivity contribution in [1.82, 2.24) is 5.32 Å². The maximum Gasteiger partial charge on any atom is 0.167 e. The molecule has 3 aromatic rings. The van der Waals surface area contributed by atoms with Crippen molar-refractivity contribution in [3.8, 4) is 11.5 Å². The normalized spacial score (nSPS) is 10.7. The Labute approximate surface area is 171 Å². The lowest BCUT2D eigenvalue weighted by atomic mass is 10.1. The molecule has 3 aromatic carbocycles. The molecule has 0 saturated carbocycles. The first kappa shape index (κ1) is 20.3. The number of benzene rings is 3. The number of methoxy groups -OCH3 is 1. The summed E-state index contributed by atoms with van der Waals surface area (Å²) in [5, 5.41) is 3.34. The third-order valence-electron chi connectivity index (χ3n) is 4.23. The number of ether oxygens (including phenoxy) is 2. The standard InChI is InChI=1S/C22H20BrF2NO2/c1-27-21-11-10-20(23)19(13-26-12-15-2-6-17(24)7-3-15)22(21)28-14-16-4-8-18(25)9-5-16/h2-11,26H,12-14H2,1H3. The number of rotatable bonds is 8. The van der Waals surface area contributed by atoms with Crippen molar-refractivity contribution < 1.29 is 18.3 Å². The smallest absolute Gasteiger partial charge is 0.167 e. The zero-order chi connectivity index (χ0) is 19.9. The Bertz CT molecular complexity index is 915. The van der Waals surface area contributed by atoms with Gasteiger partial charge in [-0.05, 0) is 47.5 Å². The van der Waals surface area contributed by atoms with Crippen LogP contribution in [-0.4, -0.2) is 7.11 Å². The highest BCUT2D eigenvalue weighted by Gasteiger charge is 2.15. The van der Waals surface area contributed by atoms with E-state index in [0.717, 1.165) is 21.2 Å². The van der Waals surface area contributed by atoms with Crippen molar-refractivity contribution in [3.05, 3.63) is 93.5 Å². The van der Waals surface area contributed by atoms with E-state index in [1.54, 1.807) is 31.4 Å². The summed E-state index contributed by atoms with van der Waals surface area (Å²) in [5.41, 5.74) is 2.74. The monoisotopic (exact) mass is 447 g/mol. The molecule has 0 unspecified atom stereocenters. The average molecular weight is 448 g/mol. The molecule has 6 heteroatoms. The van der Waals surface area contributed by atoms with Crippen LogP contribution in [0.15, 0.2) is 65.1 Å². The highest BCUT2D eigenvalue weighted by Crippen LogP contribution is 2.36. The van der Waals surface area contributed by atoms with E-state index >= 15 is 0 Å². The van der Waals surface area contributed by atoms with E-state index in [2.05, 4.69) is 21.2 Å². The van der Waals surface area contributed by atoms with Crippen LogP contribution in [0, 0.1) is 11.6 Å². The Morgan fingerprint density at radius 1 is 0.821 bits per heavy atom. The maximum atomic E-state index is 13.1. The summed E-state index contributed by atoms with van der Waals surface area (Å²) >= 11 is 3.57. The third kappa shape index (κ3) is 5.30. The minimum Gasteiger partial charge on any atom is -0.493 e. The molecule has 0 fully saturated rings. The lowest BCUT2D eigenvalue weighted by Gasteiger charge is -2.17. The van der Waals surface area contributed by atoms with Gasteiger partial charge in [-0.1, -0.05) is 40.2 Å². The van der Waals surface area contributed by atoms with Crippen LogP contribution >= 0.6 is 15.9 Å². The van der Waals surface area contributed by atoms with Gasteiger partial charge in [0, 0.05) is 23.1 Å². The van der Waals surface area contributed by atoms with E-state index in [1.807, 2.05) is 12.1 Å². The van der Waals surface area contributed by atoms with Crippen LogP contribution in [0.5, 0.6) is 11.5 Å². The first-order chi connectivity index (χ1) is 13.6. The molecule has 28 heavy (non-hydrogen) atoms. The van der Waals surface area contributed by atoms with Crippen molar-refractivity contribution in [2.24, 2.45) is 0 Å². The Morgan fingerprint density at radius 3 is 2.04 bits per heavy atom. The van der Waals surface area contributed by atoms with Crippen LogP contribution in [0.3, 0.4) is 0 Å². The SMILES string of the molecule is COc1ccc(Br)c(CNCc2ccc(F)cc2)c1OCc1ccc(F)cc1. The molecule has 0 aliphatic carbocycles. The molecule has 0 saturated heterocycles. The molecule has 146 valence electrons. The second-order valence-electron chi connectivity index (χ2n) is 6.20. The molecule has 3 rings (SSSR count). The molecule has 0 amide bonds. The number of hydrogen-bond donors (Lipinski definition) is 1. The maximum absolute atomic E-state index is 13.1. The van der Waals surface area contributed by atoms with Crippen LogP contribution < -0.4 is 14.8 Å². The highest BCUT2D eigenvalue weighted by atomic mass is 79.9. The quantitative estimate of drug-likeness (QED) is 0.487. The molecule has 0 heterocycles. The van der Waals surface area contributed by atoms with Crippen LogP contribution in [0.25, 0.3) is 0 Å². The molecular weight excluding hydrogens is 428 g/mol. The van der Waals surface area contributed by atoms with E-state index in [4.69, 9.17) is 9.47 Å². The summed E-state index contributed by atoms with van der Waals surface area (Å²) in [5.74, 6) is 0.696. The molecular formula is C22H20BrF2NO2. The minimum atomic E-state index is -0.283. The first-order valence-electron chi connectivity index (χ1n) is 8.74. The predicted molar refractivity (Wildman–Crippen MR) is 108 cm³/mol. The molecule has 0 atom stereocenters. The zero-order valence-corrected chi connectivity index (χ0v) is 16.9. The van der Waals surface area contributed by atoms with Crippen LogP contribution in [-0.2, 0) is 19.7 Å². The lowest BCUT2D eigenvalue weighted by molar-refractivity contribution is 0.280. The van der Waals surface area contributed by atoms with E-state index in [0.29, 0.717) is 24.6 Å². The minimum absolute atomic E-state index is 0.254. The van der Waals surface area contributed by atoms with Crippen molar-refractivity contribution in [1.29, 1.82) is 0 Å². The van der Waals surface area contributed by atoms with Gasteiger partial charge in [0.2, 0.25) is 0 Å². The summed E-state index contributed by atoms with van der Waals surface area (Å²) in [4.78, 5) is 0. The molecule has 0 bridgehead atoms. The second kappa shape index (κ2) is 9.66. The lowest BCUT2D eigenvalue weighted by Crippen LogP contribution is -2.14. The fourth-order valence-corrected chi connectivity index (χ4v) is 3.19. The molecule has 0 aromatic heterocycles. The molecule has 1 N–H and O–H groups in total. The van der Waals surface area contributed by atoms with Gasteiger partial charge in [0.25, 0.3) is 0 Å². The summed E-state index contributed by atoms with van der Waals surface area (Å²) in [6, 6.07) is 16.3. The van der Waals surface area contributed by atoms with Gasteiger partial charge in [0.1, 0.15) is 18.2 Å². The molecule has 0 spiro atoms. The summed E-state index contributed by atoms with van der Waals surface area (Å²) in [6.45, 7) is 1.40. The van der Waals surface area contributed by atoms with E-state index < -0.39 is 0 Å². The first-order valence-corrected chi connectivity index (χ1v) is 9.54. The number of nitrogens with one attached hydrogen (secondary N) is 1. The van der Waals surface area contributed by atoms with Crippen molar-refractivity contribution >= 4 is 15.9 Å². The Morgan fingerprint density at radius 2 is 1.43 bits per heavy atom. The molecule has 3 nitrogen and oxygen atoms in total. The topological polar surface area (TPSA) is 30.5 Å². The van der Waals surface area contributed by atoms with Gasteiger partial charge >= 0.3 is 0 Å². The summed E-state index contributed by atoms with van der Waals surface area (Å²) in [7, 11) is 1.59. The fourth-order valence-electron chi connectivity index (χ4n) is 2.74. The van der Waals surface area contributed by atoms with Crippen molar-refractivity contribution in [2.45, 2.75) is 19.7 Å². The van der Waals surface area contributed by atoms with E-state index in [-0.39, 0.29) is 18.2 Å². The highest BCUT2D eigenvalue weighted by molar-refractivity contribution is 9.10. The Balaban J connectivity index is 1.73. The van der Waals surface area contributed by atoms with Gasteiger partial charge in [-0.3, -0.25) is 0 Å². The average Bonchev–Trinajstić information content (AvgIpc) is 2.70. The number of hydrogen-bond acceptors (Lipinski definition) is 3. The largest absolute Gasteiger partial charge is 0.493 e. The fraction of sp³-hybridized carbons (Fsp3) is 0.182. The van der Waals surface area contributed by atoms with Crippen LogP contribution in [0.4, 0.5) is 8.78 Å². The van der Waals surface area contributed by atoms with Gasteiger partial charge in [0.05, 0.1) is 7.11 Å². The van der Waals surface area contributed by atoms with Crippen LogP contribution in [0.2, 0.25) is 0 Å². The molecule has 0 aliphatic heterocycles. The molecule has 0 aliphatic rings. The van der Waals surface area contributed by atoms with Crippen molar-refractivity contribution in [2.75, 3.05) is 7.11 Å².